The first-order valence-corrected chi connectivity index (χ1v) is 6.52. The summed E-state index contributed by atoms with van der Waals surface area (Å²) >= 11 is 1.44. The maximum absolute atomic E-state index is 11.5. The van der Waals surface area contributed by atoms with Crippen molar-refractivity contribution in [2.24, 2.45) is 0 Å². The molecule has 98 valence electrons. The number of anilines is 1. The van der Waals surface area contributed by atoms with Crippen LogP contribution in [0.25, 0.3) is 0 Å². The van der Waals surface area contributed by atoms with E-state index in [-0.39, 0.29) is 5.69 Å². The molecule has 0 bridgehead atoms. The van der Waals surface area contributed by atoms with Gasteiger partial charge >= 0.3 is 5.97 Å². The van der Waals surface area contributed by atoms with E-state index in [2.05, 4.69) is 9.72 Å². The summed E-state index contributed by atoms with van der Waals surface area (Å²) in [6, 6.07) is 11.2. The van der Waals surface area contributed by atoms with Gasteiger partial charge in [0.25, 0.3) is 0 Å². The van der Waals surface area contributed by atoms with Crippen molar-refractivity contribution in [2.45, 2.75) is 16.8 Å². The molecule has 0 aliphatic carbocycles. The van der Waals surface area contributed by atoms with Gasteiger partial charge in [-0.2, -0.15) is 0 Å². The second-order valence-corrected chi connectivity index (χ2v) is 4.98. The molecule has 2 N–H and O–H groups in total. The van der Waals surface area contributed by atoms with Crippen LogP contribution in [0.5, 0.6) is 0 Å². The molecule has 0 atom stereocenters. The van der Waals surface area contributed by atoms with Crippen LogP contribution in [0.1, 0.15) is 16.1 Å². The lowest BCUT2D eigenvalue weighted by Gasteiger charge is -2.08. The van der Waals surface area contributed by atoms with E-state index in [4.69, 9.17) is 5.73 Å². The maximum atomic E-state index is 11.5. The number of methoxy groups -OCH3 is 1. The molecule has 0 saturated carbocycles. The van der Waals surface area contributed by atoms with Crippen LogP contribution in [0.3, 0.4) is 0 Å². The van der Waals surface area contributed by atoms with Crippen LogP contribution in [0.15, 0.2) is 46.3 Å². The monoisotopic (exact) mass is 274 g/mol. The molecule has 0 unspecified atom stereocenters. The highest BCUT2D eigenvalue weighted by Gasteiger charge is 2.12. The van der Waals surface area contributed by atoms with E-state index in [0.29, 0.717) is 10.7 Å². The first-order valence-electron chi connectivity index (χ1n) is 5.70. The fourth-order valence-corrected chi connectivity index (χ4v) is 2.44. The van der Waals surface area contributed by atoms with E-state index in [1.54, 1.807) is 12.1 Å². The zero-order valence-electron chi connectivity index (χ0n) is 10.7. The number of aromatic nitrogens is 1. The van der Waals surface area contributed by atoms with Crippen molar-refractivity contribution in [2.75, 3.05) is 12.8 Å². The Morgan fingerprint density at radius 3 is 2.68 bits per heavy atom. The molecule has 4 nitrogen and oxygen atoms in total. The summed E-state index contributed by atoms with van der Waals surface area (Å²) in [5, 5.41) is 0.609. The highest BCUT2D eigenvalue weighted by Crippen LogP contribution is 2.32. The standard InChI is InChI=1S/C14H14N2O2S/c1-9-5-3-4-6-12(9)19-13-10(15)7-8-11(16-13)14(17)18-2/h3-8H,15H2,1-2H3. The van der Waals surface area contributed by atoms with Gasteiger partial charge in [0.15, 0.2) is 0 Å². The van der Waals surface area contributed by atoms with Crippen LogP contribution >= 0.6 is 11.8 Å². The van der Waals surface area contributed by atoms with Crippen molar-refractivity contribution in [1.29, 1.82) is 0 Å². The van der Waals surface area contributed by atoms with Crippen LogP contribution in [-0.4, -0.2) is 18.1 Å². The van der Waals surface area contributed by atoms with Gasteiger partial charge < -0.3 is 10.5 Å². The summed E-state index contributed by atoms with van der Waals surface area (Å²) in [6.07, 6.45) is 0. The Hall–Kier alpha value is -2.01. The lowest BCUT2D eigenvalue weighted by atomic mass is 10.2. The van der Waals surface area contributed by atoms with Gasteiger partial charge in [-0.25, -0.2) is 9.78 Å². The lowest BCUT2D eigenvalue weighted by Crippen LogP contribution is -2.06. The number of carbonyl (C=O) groups is 1. The Labute approximate surface area is 116 Å². The van der Waals surface area contributed by atoms with Crippen molar-refractivity contribution in [3.05, 3.63) is 47.7 Å². The first kappa shape index (κ1) is 13.4. The van der Waals surface area contributed by atoms with E-state index >= 15 is 0 Å². The Morgan fingerprint density at radius 1 is 1.26 bits per heavy atom. The van der Waals surface area contributed by atoms with Gasteiger partial charge in [0.1, 0.15) is 10.7 Å². The number of hydrogen-bond donors (Lipinski definition) is 1. The third-order valence-electron chi connectivity index (χ3n) is 2.58. The average Bonchev–Trinajstić information content (AvgIpc) is 2.42. The molecular weight excluding hydrogens is 260 g/mol. The fraction of sp³-hybridized carbons (Fsp3) is 0.143. The summed E-state index contributed by atoms with van der Waals surface area (Å²) in [4.78, 5) is 16.8. The summed E-state index contributed by atoms with van der Waals surface area (Å²) < 4.78 is 4.65. The molecule has 1 aromatic heterocycles. The molecule has 2 rings (SSSR count). The number of nitrogens with two attached hydrogens (primary N) is 1. The van der Waals surface area contributed by atoms with Crippen molar-refractivity contribution in [1.82, 2.24) is 4.98 Å². The van der Waals surface area contributed by atoms with Crippen molar-refractivity contribution in [3.63, 3.8) is 0 Å². The average molecular weight is 274 g/mol. The molecule has 0 saturated heterocycles. The second kappa shape index (κ2) is 5.75. The number of nitrogen functional groups attached to an aromatic ring is 1. The molecule has 1 heterocycles. The predicted octanol–water partition coefficient (Wildman–Crippen LogP) is 2.91. The Bertz CT molecular complexity index is 614. The van der Waals surface area contributed by atoms with Crippen LogP contribution in [0, 0.1) is 6.92 Å². The molecule has 5 heteroatoms. The van der Waals surface area contributed by atoms with Gasteiger partial charge in [-0.15, -0.1) is 0 Å². The van der Waals surface area contributed by atoms with Gasteiger partial charge in [-0.3, -0.25) is 0 Å². The first-order chi connectivity index (χ1) is 9.11. The molecule has 0 fully saturated rings. The minimum atomic E-state index is -0.466. The number of pyridine rings is 1. The van der Waals surface area contributed by atoms with E-state index in [0.717, 1.165) is 10.5 Å². The molecule has 0 aliphatic heterocycles. The number of benzene rings is 1. The van der Waals surface area contributed by atoms with E-state index < -0.39 is 5.97 Å². The van der Waals surface area contributed by atoms with Gasteiger partial charge in [-0.1, -0.05) is 30.0 Å². The van der Waals surface area contributed by atoms with Crippen LogP contribution < -0.4 is 5.73 Å². The Kier molecular flexibility index (Phi) is 4.06. The third kappa shape index (κ3) is 3.06. The van der Waals surface area contributed by atoms with Gasteiger partial charge in [-0.05, 0) is 30.7 Å². The number of aryl methyl sites for hydroxylation is 1. The quantitative estimate of drug-likeness (QED) is 0.872. The largest absolute Gasteiger partial charge is 0.464 e. The number of hydrogen-bond acceptors (Lipinski definition) is 5. The van der Waals surface area contributed by atoms with Crippen LogP contribution in [0.2, 0.25) is 0 Å². The number of esters is 1. The number of carbonyl (C=O) groups excluding carboxylic acids is 1. The highest BCUT2D eigenvalue weighted by molar-refractivity contribution is 7.99. The number of nitrogens with zero attached hydrogens (tertiary/aromatic N) is 1. The smallest absolute Gasteiger partial charge is 0.356 e. The van der Waals surface area contributed by atoms with E-state index in [9.17, 15) is 4.79 Å². The predicted molar refractivity (Wildman–Crippen MR) is 75.3 cm³/mol. The molecule has 0 aliphatic rings. The maximum Gasteiger partial charge on any atom is 0.356 e. The molecule has 1 aromatic carbocycles. The summed E-state index contributed by atoms with van der Waals surface area (Å²) in [5.74, 6) is -0.466. The van der Waals surface area contributed by atoms with E-state index in [1.807, 2.05) is 31.2 Å². The fourth-order valence-electron chi connectivity index (χ4n) is 1.53. The summed E-state index contributed by atoms with van der Waals surface area (Å²) in [5.41, 5.74) is 7.83. The van der Waals surface area contributed by atoms with Crippen molar-refractivity contribution < 1.29 is 9.53 Å². The molecule has 19 heavy (non-hydrogen) atoms. The van der Waals surface area contributed by atoms with Crippen LogP contribution in [-0.2, 0) is 4.74 Å². The van der Waals surface area contributed by atoms with E-state index in [1.165, 1.54) is 18.9 Å². The zero-order valence-corrected chi connectivity index (χ0v) is 11.5. The topological polar surface area (TPSA) is 65.2 Å². The zero-order chi connectivity index (χ0) is 13.8. The SMILES string of the molecule is COC(=O)c1ccc(N)c(Sc2ccccc2C)n1. The number of ether oxygens (including phenoxy) is 1. The molecule has 0 spiro atoms. The second-order valence-electron chi connectivity index (χ2n) is 3.95. The molecule has 2 aromatic rings. The minimum absolute atomic E-state index is 0.257. The number of rotatable bonds is 3. The third-order valence-corrected chi connectivity index (χ3v) is 3.78. The van der Waals surface area contributed by atoms with Crippen molar-refractivity contribution in [3.8, 4) is 0 Å². The highest BCUT2D eigenvalue weighted by atomic mass is 32.2. The molecule has 0 amide bonds. The van der Waals surface area contributed by atoms with Gasteiger partial charge in [0.2, 0.25) is 0 Å². The van der Waals surface area contributed by atoms with Gasteiger partial charge in [0, 0.05) is 4.90 Å². The van der Waals surface area contributed by atoms with Gasteiger partial charge in [0.05, 0.1) is 12.8 Å². The normalized spacial score (nSPS) is 10.2. The lowest BCUT2D eigenvalue weighted by molar-refractivity contribution is 0.0593. The van der Waals surface area contributed by atoms with Crippen molar-refractivity contribution >= 4 is 23.4 Å². The summed E-state index contributed by atoms with van der Waals surface area (Å²) in [7, 11) is 1.33. The Balaban J connectivity index is 2.34. The Morgan fingerprint density at radius 2 is 2.00 bits per heavy atom. The summed E-state index contributed by atoms with van der Waals surface area (Å²) in [6.45, 7) is 2.02. The van der Waals surface area contributed by atoms with Crippen LogP contribution in [0.4, 0.5) is 5.69 Å². The molecular formula is C14H14N2O2S. The molecule has 0 radical (unpaired) electrons. The minimum Gasteiger partial charge on any atom is -0.464 e.